The largest absolute Gasteiger partial charge is 0.240 e. The lowest BCUT2D eigenvalue weighted by molar-refractivity contribution is 0.574. The summed E-state index contributed by atoms with van der Waals surface area (Å²) in [7, 11) is -3.44. The van der Waals surface area contributed by atoms with Crippen LogP contribution in [0.15, 0.2) is 59.5 Å². The van der Waals surface area contributed by atoms with Crippen LogP contribution in [0.3, 0.4) is 0 Å². The smallest absolute Gasteiger partial charge is 0.211 e. The molecular formula is C16H19NO2S. The molecule has 1 atom stereocenters. The van der Waals surface area contributed by atoms with E-state index < -0.39 is 10.0 Å². The van der Waals surface area contributed by atoms with Crippen molar-refractivity contribution in [2.75, 3.05) is 6.54 Å². The fourth-order valence-electron chi connectivity index (χ4n) is 2.07. The van der Waals surface area contributed by atoms with Gasteiger partial charge in [-0.05, 0) is 30.0 Å². The van der Waals surface area contributed by atoms with Crippen LogP contribution in [0, 0.1) is 6.92 Å². The van der Waals surface area contributed by atoms with E-state index in [0.29, 0.717) is 11.4 Å². The van der Waals surface area contributed by atoms with Gasteiger partial charge in [0, 0.05) is 6.54 Å². The van der Waals surface area contributed by atoms with Gasteiger partial charge in [0.2, 0.25) is 10.0 Å². The molecule has 0 radical (unpaired) electrons. The number of hydrogen-bond acceptors (Lipinski definition) is 2. The van der Waals surface area contributed by atoms with Crippen molar-refractivity contribution in [3.8, 4) is 0 Å². The summed E-state index contributed by atoms with van der Waals surface area (Å²) < 4.78 is 27.2. The predicted octanol–water partition coefficient (Wildman–Crippen LogP) is 3.08. The van der Waals surface area contributed by atoms with Gasteiger partial charge in [0.05, 0.1) is 4.90 Å². The second kappa shape index (κ2) is 6.20. The Balaban J connectivity index is 2.09. The Labute approximate surface area is 120 Å². The molecule has 0 saturated carbocycles. The molecule has 0 bridgehead atoms. The van der Waals surface area contributed by atoms with Crippen LogP contribution in [0.4, 0.5) is 0 Å². The molecule has 0 amide bonds. The van der Waals surface area contributed by atoms with Crippen LogP contribution in [0.5, 0.6) is 0 Å². The van der Waals surface area contributed by atoms with Crippen molar-refractivity contribution >= 4 is 10.0 Å². The SMILES string of the molecule is Cc1ccccc1S(=O)(=O)NCC(C)c1ccccc1. The van der Waals surface area contributed by atoms with E-state index in [1.807, 2.05) is 43.3 Å². The van der Waals surface area contributed by atoms with E-state index in [9.17, 15) is 8.42 Å². The fourth-order valence-corrected chi connectivity index (χ4v) is 3.44. The second-order valence-electron chi connectivity index (χ2n) is 4.93. The second-order valence-corrected chi connectivity index (χ2v) is 6.66. The topological polar surface area (TPSA) is 46.2 Å². The standard InChI is InChI=1S/C16H19NO2S/c1-13-8-6-7-11-16(13)20(18,19)17-12-14(2)15-9-4-3-5-10-15/h3-11,14,17H,12H2,1-2H3. The van der Waals surface area contributed by atoms with Gasteiger partial charge in [-0.1, -0.05) is 55.5 Å². The third-order valence-electron chi connectivity index (χ3n) is 3.33. The zero-order chi connectivity index (χ0) is 14.6. The van der Waals surface area contributed by atoms with Crippen LogP contribution in [0.2, 0.25) is 0 Å². The first kappa shape index (κ1) is 14.8. The normalized spacial score (nSPS) is 13.1. The van der Waals surface area contributed by atoms with E-state index in [4.69, 9.17) is 0 Å². The molecule has 0 spiro atoms. The van der Waals surface area contributed by atoms with Crippen molar-refractivity contribution in [1.82, 2.24) is 4.72 Å². The minimum Gasteiger partial charge on any atom is -0.211 e. The highest BCUT2D eigenvalue weighted by Gasteiger charge is 2.17. The molecule has 106 valence electrons. The summed E-state index contributed by atoms with van der Waals surface area (Å²) in [4.78, 5) is 0.347. The maximum absolute atomic E-state index is 12.3. The summed E-state index contributed by atoms with van der Waals surface area (Å²) >= 11 is 0. The lowest BCUT2D eigenvalue weighted by Crippen LogP contribution is -2.28. The monoisotopic (exact) mass is 289 g/mol. The lowest BCUT2D eigenvalue weighted by atomic mass is 10.0. The summed E-state index contributed by atoms with van der Waals surface area (Å²) in [6.45, 7) is 4.20. The van der Waals surface area contributed by atoms with Crippen LogP contribution in [0.25, 0.3) is 0 Å². The summed E-state index contributed by atoms with van der Waals surface area (Å²) in [5.74, 6) is 0.134. The third-order valence-corrected chi connectivity index (χ3v) is 4.92. The summed E-state index contributed by atoms with van der Waals surface area (Å²) in [6, 6.07) is 16.9. The lowest BCUT2D eigenvalue weighted by Gasteiger charge is -2.14. The number of aryl methyl sites for hydroxylation is 1. The van der Waals surface area contributed by atoms with E-state index in [1.165, 1.54) is 0 Å². The molecule has 0 fully saturated rings. The zero-order valence-electron chi connectivity index (χ0n) is 11.7. The Bertz CT molecular complexity index is 666. The molecule has 3 nitrogen and oxygen atoms in total. The number of nitrogens with one attached hydrogen (secondary N) is 1. The maximum atomic E-state index is 12.3. The summed E-state index contributed by atoms with van der Waals surface area (Å²) in [6.07, 6.45) is 0. The van der Waals surface area contributed by atoms with Crippen LogP contribution in [-0.2, 0) is 10.0 Å². The van der Waals surface area contributed by atoms with Crippen molar-refractivity contribution in [3.63, 3.8) is 0 Å². The molecular weight excluding hydrogens is 270 g/mol. The van der Waals surface area contributed by atoms with Gasteiger partial charge >= 0.3 is 0 Å². The van der Waals surface area contributed by atoms with E-state index >= 15 is 0 Å². The van der Waals surface area contributed by atoms with Gasteiger partial charge in [0.1, 0.15) is 0 Å². The molecule has 1 N–H and O–H groups in total. The molecule has 2 aromatic carbocycles. The number of benzene rings is 2. The van der Waals surface area contributed by atoms with Gasteiger partial charge in [-0.15, -0.1) is 0 Å². The zero-order valence-corrected chi connectivity index (χ0v) is 12.5. The number of hydrogen-bond donors (Lipinski definition) is 1. The van der Waals surface area contributed by atoms with E-state index in [-0.39, 0.29) is 5.92 Å². The van der Waals surface area contributed by atoms with Crippen LogP contribution in [-0.4, -0.2) is 15.0 Å². The molecule has 0 aliphatic rings. The first-order chi connectivity index (χ1) is 9.50. The van der Waals surface area contributed by atoms with Gasteiger partial charge in [-0.25, -0.2) is 13.1 Å². The van der Waals surface area contributed by atoms with Crippen molar-refractivity contribution in [3.05, 3.63) is 65.7 Å². The maximum Gasteiger partial charge on any atom is 0.240 e. The predicted molar refractivity (Wildman–Crippen MR) is 81.2 cm³/mol. The van der Waals surface area contributed by atoms with E-state index in [1.54, 1.807) is 25.1 Å². The quantitative estimate of drug-likeness (QED) is 0.919. The molecule has 1 unspecified atom stereocenters. The van der Waals surface area contributed by atoms with Crippen molar-refractivity contribution in [2.24, 2.45) is 0 Å². The Kier molecular flexibility index (Phi) is 4.57. The van der Waals surface area contributed by atoms with Crippen LogP contribution in [0.1, 0.15) is 24.0 Å². The molecule has 2 aromatic rings. The highest BCUT2D eigenvalue weighted by atomic mass is 32.2. The average Bonchev–Trinajstić information content (AvgIpc) is 2.46. The number of rotatable bonds is 5. The minimum atomic E-state index is -3.44. The van der Waals surface area contributed by atoms with Gasteiger partial charge in [0.15, 0.2) is 0 Å². The Morgan fingerprint density at radius 1 is 1.00 bits per heavy atom. The molecule has 0 aliphatic heterocycles. The fraction of sp³-hybridized carbons (Fsp3) is 0.250. The molecule has 0 heterocycles. The van der Waals surface area contributed by atoms with Gasteiger partial charge in [0.25, 0.3) is 0 Å². The third kappa shape index (κ3) is 3.46. The van der Waals surface area contributed by atoms with Crippen LogP contribution >= 0.6 is 0 Å². The molecule has 0 aromatic heterocycles. The highest BCUT2D eigenvalue weighted by molar-refractivity contribution is 7.89. The summed E-state index contributed by atoms with van der Waals surface area (Å²) in [5.41, 5.74) is 1.88. The van der Waals surface area contributed by atoms with Gasteiger partial charge in [-0.3, -0.25) is 0 Å². The first-order valence-electron chi connectivity index (χ1n) is 6.61. The Morgan fingerprint density at radius 3 is 2.25 bits per heavy atom. The Hall–Kier alpha value is -1.65. The molecule has 4 heteroatoms. The van der Waals surface area contributed by atoms with E-state index in [0.717, 1.165) is 11.1 Å². The van der Waals surface area contributed by atoms with Crippen LogP contribution < -0.4 is 4.72 Å². The van der Waals surface area contributed by atoms with Crippen molar-refractivity contribution in [2.45, 2.75) is 24.7 Å². The molecule has 20 heavy (non-hydrogen) atoms. The molecule has 0 aliphatic carbocycles. The number of sulfonamides is 1. The first-order valence-corrected chi connectivity index (χ1v) is 8.09. The highest BCUT2D eigenvalue weighted by Crippen LogP contribution is 2.17. The minimum absolute atomic E-state index is 0.134. The molecule has 0 saturated heterocycles. The average molecular weight is 289 g/mol. The van der Waals surface area contributed by atoms with E-state index in [2.05, 4.69) is 4.72 Å². The summed E-state index contributed by atoms with van der Waals surface area (Å²) in [5, 5.41) is 0. The van der Waals surface area contributed by atoms with Gasteiger partial charge in [-0.2, -0.15) is 0 Å². The van der Waals surface area contributed by atoms with Crippen molar-refractivity contribution in [1.29, 1.82) is 0 Å². The Morgan fingerprint density at radius 2 is 1.60 bits per heavy atom. The van der Waals surface area contributed by atoms with Gasteiger partial charge < -0.3 is 0 Å². The van der Waals surface area contributed by atoms with Crippen molar-refractivity contribution < 1.29 is 8.42 Å². The molecule has 2 rings (SSSR count).